The molecule has 4 nitrogen and oxygen atoms in total. The zero-order chi connectivity index (χ0) is 28.2. The van der Waals surface area contributed by atoms with Gasteiger partial charge in [-0.2, -0.15) is 18.2 Å². The number of benzene rings is 5. The van der Waals surface area contributed by atoms with Gasteiger partial charge in [0.05, 0.1) is 18.1 Å². The fraction of sp³-hybridized carbons (Fsp3) is 0.0526. The SMILES string of the molecule is C[n+]1[c-]n(-c2[c-]cc3c(c2)c2cccc4c5ccccc5n3c24)c2ccccc21.Cc1ccc(-c2[c-]cccc2)nc1.[Ir+3]. The molecule has 4 heterocycles. The predicted molar refractivity (Wildman–Crippen MR) is 170 cm³/mol. The first kappa shape index (κ1) is 27.0. The molecule has 0 aliphatic heterocycles. The third-order valence-corrected chi connectivity index (χ3v) is 8.01. The zero-order valence-corrected chi connectivity index (χ0v) is 26.1. The normalized spacial score (nSPS) is 11.3. The third kappa shape index (κ3) is 4.40. The monoisotopic (exact) mass is 731 g/mol. The van der Waals surface area contributed by atoms with Crippen LogP contribution in [-0.2, 0) is 27.2 Å². The van der Waals surface area contributed by atoms with Gasteiger partial charge in [-0.05, 0) is 29.6 Å². The molecule has 9 aromatic rings. The first-order chi connectivity index (χ1) is 20.7. The van der Waals surface area contributed by atoms with E-state index in [0.29, 0.717) is 0 Å². The van der Waals surface area contributed by atoms with Crippen molar-refractivity contribution in [3.8, 4) is 16.9 Å². The summed E-state index contributed by atoms with van der Waals surface area (Å²) in [6.45, 7) is 2.03. The zero-order valence-electron chi connectivity index (χ0n) is 23.7. The number of aromatic nitrogens is 4. The summed E-state index contributed by atoms with van der Waals surface area (Å²) in [6, 6.07) is 46.6. The number of fused-ring (bicyclic) bond motifs is 7. The Hall–Kier alpha value is -4.83. The molecular weight excluding hydrogens is 705 g/mol. The number of para-hydroxylation sites is 4. The van der Waals surface area contributed by atoms with Crippen molar-refractivity contribution in [3.05, 3.63) is 145 Å². The first-order valence-corrected chi connectivity index (χ1v) is 14.0. The maximum Gasteiger partial charge on any atom is 3.00 e. The van der Waals surface area contributed by atoms with Crippen molar-refractivity contribution >= 4 is 49.1 Å². The van der Waals surface area contributed by atoms with Gasteiger partial charge in [0.15, 0.2) is 0 Å². The van der Waals surface area contributed by atoms with Gasteiger partial charge in [-0.25, -0.2) is 0 Å². The van der Waals surface area contributed by atoms with E-state index in [-0.39, 0.29) is 20.1 Å². The Morgan fingerprint density at radius 1 is 0.698 bits per heavy atom. The van der Waals surface area contributed by atoms with Gasteiger partial charge in [0, 0.05) is 28.0 Å². The number of nitrogens with zero attached hydrogens (tertiary/aromatic N) is 4. The Morgan fingerprint density at radius 2 is 1.44 bits per heavy atom. The van der Waals surface area contributed by atoms with Crippen LogP contribution in [0.3, 0.4) is 0 Å². The second-order valence-electron chi connectivity index (χ2n) is 10.7. The molecule has 9 rings (SSSR count). The average molecular weight is 731 g/mol. The van der Waals surface area contributed by atoms with Gasteiger partial charge in [-0.1, -0.05) is 84.0 Å². The van der Waals surface area contributed by atoms with Crippen molar-refractivity contribution in [1.29, 1.82) is 0 Å². The molecule has 0 saturated heterocycles. The average Bonchev–Trinajstić information content (AvgIpc) is 3.69. The van der Waals surface area contributed by atoms with E-state index in [1.807, 2.05) is 55.1 Å². The first-order valence-electron chi connectivity index (χ1n) is 14.0. The van der Waals surface area contributed by atoms with E-state index >= 15 is 0 Å². The maximum atomic E-state index is 4.32. The molecule has 0 radical (unpaired) electrons. The molecule has 0 amide bonds. The van der Waals surface area contributed by atoms with Crippen LogP contribution < -0.4 is 4.57 Å². The molecule has 206 valence electrons. The second-order valence-corrected chi connectivity index (χ2v) is 10.7. The van der Waals surface area contributed by atoms with E-state index in [4.69, 9.17) is 0 Å². The molecule has 0 N–H and O–H groups in total. The smallest absolute Gasteiger partial charge is 0.363 e. The van der Waals surface area contributed by atoms with Crippen LogP contribution in [0.4, 0.5) is 0 Å². The van der Waals surface area contributed by atoms with Crippen LogP contribution in [0, 0.1) is 25.4 Å². The summed E-state index contributed by atoms with van der Waals surface area (Å²) in [4.78, 5) is 4.32. The van der Waals surface area contributed by atoms with Crippen LogP contribution in [0.1, 0.15) is 5.56 Å². The molecule has 0 bridgehead atoms. The summed E-state index contributed by atoms with van der Waals surface area (Å²) in [5.74, 6) is 0. The molecule has 0 aliphatic carbocycles. The van der Waals surface area contributed by atoms with Crippen LogP contribution in [-0.4, -0.2) is 14.0 Å². The van der Waals surface area contributed by atoms with Crippen molar-refractivity contribution < 1.29 is 24.7 Å². The van der Waals surface area contributed by atoms with Crippen LogP contribution >= 0.6 is 0 Å². The molecule has 0 atom stereocenters. The molecular formula is C38H26IrN4+. The predicted octanol–water partition coefficient (Wildman–Crippen LogP) is 8.06. The van der Waals surface area contributed by atoms with Gasteiger partial charge < -0.3 is 18.5 Å². The van der Waals surface area contributed by atoms with Gasteiger partial charge in [0.2, 0.25) is 6.33 Å². The Labute approximate surface area is 263 Å². The summed E-state index contributed by atoms with van der Waals surface area (Å²) in [5, 5.41) is 5.14. The topological polar surface area (TPSA) is 26.1 Å². The number of aryl methyl sites for hydroxylation is 2. The van der Waals surface area contributed by atoms with Crippen LogP contribution in [0.15, 0.2) is 121 Å². The number of rotatable bonds is 2. The Balaban J connectivity index is 0.000000182. The summed E-state index contributed by atoms with van der Waals surface area (Å²) in [7, 11) is 2.03. The maximum absolute atomic E-state index is 4.32. The number of pyridine rings is 1. The number of hydrogen-bond donors (Lipinski definition) is 0. The van der Waals surface area contributed by atoms with E-state index in [9.17, 15) is 0 Å². The molecule has 0 spiro atoms. The van der Waals surface area contributed by atoms with E-state index in [1.54, 1.807) is 0 Å². The molecule has 0 fully saturated rings. The Morgan fingerprint density at radius 3 is 2.23 bits per heavy atom. The molecule has 0 saturated carbocycles. The molecule has 5 heteroatoms. The van der Waals surface area contributed by atoms with Gasteiger partial charge in [-0.3, -0.25) is 0 Å². The Bertz CT molecular complexity index is 2370. The molecule has 0 unspecified atom stereocenters. The van der Waals surface area contributed by atoms with Crippen molar-refractivity contribution in [3.63, 3.8) is 0 Å². The number of hydrogen-bond acceptors (Lipinski definition) is 1. The number of imidazole rings is 1. The van der Waals surface area contributed by atoms with Crippen molar-refractivity contribution in [2.75, 3.05) is 0 Å². The van der Waals surface area contributed by atoms with Crippen LogP contribution in [0.25, 0.3) is 66.1 Å². The van der Waals surface area contributed by atoms with E-state index in [0.717, 1.165) is 28.0 Å². The summed E-state index contributed by atoms with van der Waals surface area (Å²) in [5.41, 5.74) is 10.2. The summed E-state index contributed by atoms with van der Waals surface area (Å²) in [6.07, 6.45) is 5.30. The van der Waals surface area contributed by atoms with Crippen molar-refractivity contribution in [2.45, 2.75) is 6.92 Å². The van der Waals surface area contributed by atoms with Crippen LogP contribution in [0.2, 0.25) is 0 Å². The van der Waals surface area contributed by atoms with Crippen LogP contribution in [0.5, 0.6) is 0 Å². The third-order valence-electron chi connectivity index (χ3n) is 8.01. The standard InChI is InChI=1S/C26H16N3.C12H10N.Ir/c1-27-16-28(25-12-5-4-11-24(25)27)17-13-14-23-21(15-17)20-9-6-8-19-18-7-2-3-10-22(18)29(23)26(19)20;1-10-7-8-12(13-9-10)11-5-3-2-4-6-11;/h2-12,14-15H,1H3;2-5,7-9H,1H3;/q2*-1;+3. The quantitative estimate of drug-likeness (QED) is 0.131. The Kier molecular flexibility index (Phi) is 6.77. The van der Waals surface area contributed by atoms with E-state index in [2.05, 4.69) is 117 Å². The summed E-state index contributed by atoms with van der Waals surface area (Å²) >= 11 is 0. The van der Waals surface area contributed by atoms with Crippen molar-refractivity contribution in [1.82, 2.24) is 14.0 Å². The largest absolute Gasteiger partial charge is 3.00 e. The minimum atomic E-state index is 0. The second kappa shape index (κ2) is 10.8. The van der Waals surface area contributed by atoms with E-state index < -0.39 is 0 Å². The molecule has 43 heavy (non-hydrogen) atoms. The molecule has 4 aromatic heterocycles. The summed E-state index contributed by atoms with van der Waals surface area (Å²) < 4.78 is 6.52. The minimum absolute atomic E-state index is 0. The minimum Gasteiger partial charge on any atom is -0.363 e. The molecule has 5 aromatic carbocycles. The van der Waals surface area contributed by atoms with Gasteiger partial charge in [-0.15, -0.1) is 41.3 Å². The van der Waals surface area contributed by atoms with Gasteiger partial charge >= 0.3 is 20.1 Å². The van der Waals surface area contributed by atoms with Gasteiger partial charge in [0.25, 0.3) is 0 Å². The van der Waals surface area contributed by atoms with E-state index in [1.165, 1.54) is 43.7 Å². The fourth-order valence-corrected chi connectivity index (χ4v) is 6.05. The van der Waals surface area contributed by atoms with Crippen molar-refractivity contribution in [2.24, 2.45) is 7.05 Å². The van der Waals surface area contributed by atoms with Gasteiger partial charge in [0.1, 0.15) is 0 Å². The molecule has 0 aliphatic rings. The fourth-order valence-electron chi connectivity index (χ4n) is 6.05.